The van der Waals surface area contributed by atoms with E-state index in [0.29, 0.717) is 12.8 Å². The van der Waals surface area contributed by atoms with Gasteiger partial charge in [-0.3, -0.25) is 18.6 Å². The zero-order valence-corrected chi connectivity index (χ0v) is 35.1. The first-order valence-electron chi connectivity index (χ1n) is 21.4. The summed E-state index contributed by atoms with van der Waals surface area (Å²) in [6.07, 6.45) is 39.7. The van der Waals surface area contributed by atoms with E-state index in [-0.39, 0.29) is 12.8 Å². The summed E-state index contributed by atoms with van der Waals surface area (Å²) in [6, 6.07) is 0. The Bertz CT molecular complexity index is 999. The van der Waals surface area contributed by atoms with Gasteiger partial charge in [0.15, 0.2) is 0 Å². The van der Waals surface area contributed by atoms with Crippen molar-refractivity contribution in [2.24, 2.45) is 0 Å². The summed E-state index contributed by atoms with van der Waals surface area (Å²) in [5, 5.41) is 19.1. The molecule has 54 heavy (non-hydrogen) atoms. The van der Waals surface area contributed by atoms with Crippen molar-refractivity contribution >= 4 is 19.8 Å². The Morgan fingerprint density at radius 2 is 0.815 bits per heavy atom. The van der Waals surface area contributed by atoms with Crippen LogP contribution in [0.5, 0.6) is 0 Å². The molecule has 0 aliphatic rings. The van der Waals surface area contributed by atoms with E-state index in [2.05, 4.69) is 50.3 Å². The number of aliphatic hydroxyl groups is 2. The average molecular weight is 787 g/mol. The molecule has 0 bridgehead atoms. The molecule has 0 heterocycles. The lowest BCUT2D eigenvalue weighted by Crippen LogP contribution is -2.28. The molecular formula is C43H79O10P. The van der Waals surface area contributed by atoms with Crippen LogP contribution in [0.15, 0.2) is 36.5 Å². The molecular weight excluding hydrogens is 707 g/mol. The summed E-state index contributed by atoms with van der Waals surface area (Å²) in [6.45, 7) is 2.16. The third-order valence-electron chi connectivity index (χ3n) is 9.11. The maximum atomic E-state index is 12.3. The second kappa shape index (κ2) is 39.4. The number of aliphatic hydroxyl groups excluding tert-OH is 2. The highest BCUT2D eigenvalue weighted by Gasteiger charge is 2.27. The minimum Gasteiger partial charge on any atom is -0.457 e. The van der Waals surface area contributed by atoms with Gasteiger partial charge in [-0.2, -0.15) is 0 Å². The van der Waals surface area contributed by atoms with Crippen LogP contribution in [-0.2, 0) is 32.7 Å². The van der Waals surface area contributed by atoms with Crippen LogP contribution in [0.4, 0.5) is 0 Å². The quantitative estimate of drug-likeness (QED) is 0.0237. The lowest BCUT2D eigenvalue weighted by molar-refractivity contribution is -0.153. The van der Waals surface area contributed by atoms with E-state index in [0.717, 1.165) is 70.6 Å². The Morgan fingerprint density at radius 3 is 1.20 bits per heavy atom. The van der Waals surface area contributed by atoms with Gasteiger partial charge in [-0.25, -0.2) is 4.57 Å². The molecule has 0 spiro atoms. The smallest absolute Gasteiger partial charge is 0.457 e. The predicted octanol–water partition coefficient (Wildman–Crippen LogP) is 11.2. The highest BCUT2D eigenvalue weighted by atomic mass is 31.2. The van der Waals surface area contributed by atoms with E-state index in [1.54, 1.807) is 0 Å². The summed E-state index contributed by atoms with van der Waals surface area (Å²) in [4.78, 5) is 34.5. The van der Waals surface area contributed by atoms with Gasteiger partial charge in [-0.15, -0.1) is 0 Å². The number of phosphoric acid groups is 1. The van der Waals surface area contributed by atoms with Gasteiger partial charge in [0.25, 0.3) is 0 Å². The second-order valence-corrected chi connectivity index (χ2v) is 15.8. The van der Waals surface area contributed by atoms with Crippen molar-refractivity contribution in [1.82, 2.24) is 0 Å². The molecule has 0 saturated carbocycles. The largest absolute Gasteiger partial charge is 0.472 e. The van der Waals surface area contributed by atoms with Gasteiger partial charge in [0, 0.05) is 12.8 Å². The Labute approximate surface area is 329 Å². The Balaban J connectivity index is 3.94. The first-order valence-corrected chi connectivity index (χ1v) is 22.9. The van der Waals surface area contributed by atoms with Crippen LogP contribution in [0, 0.1) is 0 Å². The van der Waals surface area contributed by atoms with E-state index in [1.165, 1.54) is 77.0 Å². The van der Waals surface area contributed by atoms with Gasteiger partial charge >= 0.3 is 19.8 Å². The van der Waals surface area contributed by atoms with Crippen LogP contribution in [0.3, 0.4) is 0 Å². The van der Waals surface area contributed by atoms with Crippen LogP contribution < -0.4 is 0 Å². The van der Waals surface area contributed by atoms with Gasteiger partial charge in [0.2, 0.25) is 0 Å². The predicted molar refractivity (Wildman–Crippen MR) is 219 cm³/mol. The monoisotopic (exact) mass is 787 g/mol. The highest BCUT2D eigenvalue weighted by molar-refractivity contribution is 7.47. The van der Waals surface area contributed by atoms with Gasteiger partial charge in [-0.05, 0) is 51.4 Å². The van der Waals surface area contributed by atoms with Crippen LogP contribution >= 0.6 is 7.82 Å². The number of rotatable bonds is 40. The normalized spacial score (nSPS) is 14.2. The van der Waals surface area contributed by atoms with Gasteiger partial charge in [-0.1, -0.05) is 159 Å². The summed E-state index contributed by atoms with van der Waals surface area (Å²) >= 11 is 0. The van der Waals surface area contributed by atoms with E-state index in [4.69, 9.17) is 18.5 Å². The fraction of sp³-hybridized carbons (Fsp3) is 0.814. The van der Waals surface area contributed by atoms with Crippen molar-refractivity contribution in [3.8, 4) is 0 Å². The van der Waals surface area contributed by atoms with Gasteiger partial charge in [0.05, 0.1) is 26.4 Å². The van der Waals surface area contributed by atoms with E-state index in [1.807, 2.05) is 0 Å². The number of hydrogen-bond acceptors (Lipinski definition) is 9. The summed E-state index contributed by atoms with van der Waals surface area (Å²) in [5.41, 5.74) is 0. The van der Waals surface area contributed by atoms with Crippen LogP contribution in [0.2, 0.25) is 0 Å². The van der Waals surface area contributed by atoms with Crippen molar-refractivity contribution in [3.05, 3.63) is 36.5 Å². The minimum absolute atomic E-state index is 0.178. The van der Waals surface area contributed by atoms with E-state index in [9.17, 15) is 29.3 Å². The fourth-order valence-corrected chi connectivity index (χ4v) is 6.55. The van der Waals surface area contributed by atoms with Crippen molar-refractivity contribution in [1.29, 1.82) is 0 Å². The van der Waals surface area contributed by atoms with Crippen LogP contribution in [0.1, 0.15) is 187 Å². The van der Waals surface area contributed by atoms with E-state index >= 15 is 0 Å². The van der Waals surface area contributed by atoms with Crippen molar-refractivity contribution < 1.29 is 47.8 Å². The highest BCUT2D eigenvalue weighted by Crippen LogP contribution is 2.43. The fourth-order valence-electron chi connectivity index (χ4n) is 5.77. The number of phosphoric ester groups is 1. The Morgan fingerprint density at radius 1 is 0.500 bits per heavy atom. The molecule has 0 rings (SSSR count). The second-order valence-electron chi connectivity index (χ2n) is 14.3. The topological polar surface area (TPSA) is 149 Å². The summed E-state index contributed by atoms with van der Waals surface area (Å²) in [7, 11) is -4.63. The molecule has 0 aromatic carbocycles. The average Bonchev–Trinajstić information content (AvgIpc) is 3.16. The Hall–Kier alpha value is -1.81. The van der Waals surface area contributed by atoms with Crippen molar-refractivity contribution in [3.63, 3.8) is 0 Å². The number of carbonyl (C=O) groups excluding carboxylic acids is 2. The van der Waals surface area contributed by atoms with Gasteiger partial charge in [0.1, 0.15) is 12.2 Å². The molecule has 0 radical (unpaired) electrons. The molecule has 0 aromatic heterocycles. The number of ether oxygens (including phenoxy) is 2. The lowest BCUT2D eigenvalue weighted by Gasteiger charge is -2.20. The number of esters is 2. The molecule has 0 amide bonds. The van der Waals surface area contributed by atoms with Crippen molar-refractivity contribution in [2.45, 2.75) is 199 Å². The molecule has 0 aromatic rings. The molecule has 11 heteroatoms. The van der Waals surface area contributed by atoms with Gasteiger partial charge < -0.3 is 24.6 Å². The zero-order chi connectivity index (χ0) is 39.8. The molecule has 0 saturated heterocycles. The molecule has 3 N–H and O–H groups in total. The molecule has 0 aliphatic carbocycles. The SMILES string of the molecule is CCCCC/C=C\C/C=C\C/C=C\CCCCCCCCC(=O)OC(CO)COP(=O)(O)OCC(CO)OC(=O)CCCCCCCCCCCCCC. The molecule has 316 valence electrons. The molecule has 3 unspecified atom stereocenters. The first kappa shape index (κ1) is 52.2. The maximum Gasteiger partial charge on any atom is 0.472 e. The van der Waals surface area contributed by atoms with Crippen LogP contribution in [0.25, 0.3) is 0 Å². The third kappa shape index (κ3) is 37.1. The number of unbranched alkanes of at least 4 members (excludes halogenated alkanes) is 20. The molecule has 3 atom stereocenters. The zero-order valence-electron chi connectivity index (χ0n) is 34.2. The first-order chi connectivity index (χ1) is 26.3. The van der Waals surface area contributed by atoms with Crippen LogP contribution in [-0.4, -0.2) is 65.7 Å². The third-order valence-corrected chi connectivity index (χ3v) is 10.1. The molecule has 0 fully saturated rings. The maximum absolute atomic E-state index is 12.3. The Kier molecular flexibility index (Phi) is 38.1. The number of carbonyl (C=O) groups is 2. The number of hydrogen-bond donors (Lipinski definition) is 3. The summed E-state index contributed by atoms with van der Waals surface area (Å²) in [5.74, 6) is -1.03. The minimum atomic E-state index is -4.63. The number of allylic oxidation sites excluding steroid dienone is 6. The molecule has 10 nitrogen and oxygen atoms in total. The molecule has 0 aliphatic heterocycles. The lowest BCUT2D eigenvalue weighted by atomic mass is 10.0. The van der Waals surface area contributed by atoms with E-state index < -0.39 is 58.4 Å². The van der Waals surface area contributed by atoms with Crippen molar-refractivity contribution in [2.75, 3.05) is 26.4 Å². The standard InChI is InChI=1S/C43H79O10P/c1-3-5-7-9-11-13-15-17-18-19-20-21-22-23-25-27-29-31-33-35-43(47)53-41(37-45)39-51-54(48,49)50-38-40(36-44)52-42(46)34-32-30-28-26-24-16-14-12-10-8-6-4-2/h11,13,17-18,20-21,40-41,44-45H,3-10,12,14-16,19,22-39H2,1-2H3,(H,48,49)/b13-11-,18-17-,21-20-. The summed E-state index contributed by atoms with van der Waals surface area (Å²) < 4.78 is 32.5.